The number of fused-ring (bicyclic) bond motifs is 1. The Morgan fingerprint density at radius 1 is 1.05 bits per heavy atom. The van der Waals surface area contributed by atoms with E-state index in [9.17, 15) is 0 Å². The first-order chi connectivity index (χ1) is 9.25. The Balaban J connectivity index is 0.000000261. The summed E-state index contributed by atoms with van der Waals surface area (Å²) in [5.41, 5.74) is 1.44. The van der Waals surface area contributed by atoms with Crippen molar-refractivity contribution in [2.75, 3.05) is 0 Å². The van der Waals surface area contributed by atoms with Gasteiger partial charge in [-0.25, -0.2) is 20.4 Å². The fraction of sp³-hybridized carbons (Fsp3) is 0.143. The lowest BCUT2D eigenvalue weighted by Crippen LogP contribution is -2.08. The van der Waals surface area contributed by atoms with E-state index in [0.717, 1.165) is 12.2 Å². The first kappa shape index (κ1) is 14.9. The molecule has 2 aliphatic rings. The van der Waals surface area contributed by atoms with Gasteiger partial charge in [0.15, 0.2) is 0 Å². The Morgan fingerprint density at radius 2 is 1.63 bits per heavy atom. The number of nitrogens with one attached hydrogen (secondary N) is 2. The summed E-state index contributed by atoms with van der Waals surface area (Å²) in [7, 11) is 0. The van der Waals surface area contributed by atoms with Gasteiger partial charge < -0.3 is 0 Å². The summed E-state index contributed by atoms with van der Waals surface area (Å²) in [5, 5.41) is 11.5. The van der Waals surface area contributed by atoms with Gasteiger partial charge in [0.1, 0.15) is 0 Å². The molecule has 1 heterocycles. The monoisotopic (exact) mass is 272 g/mol. The van der Waals surface area contributed by atoms with Crippen LogP contribution in [0.2, 0.25) is 0 Å². The Labute approximate surface area is 115 Å². The van der Waals surface area contributed by atoms with Crippen LogP contribution >= 0.6 is 11.8 Å². The molecule has 2 unspecified atom stereocenters. The lowest BCUT2D eigenvalue weighted by Gasteiger charge is -2.11. The molecule has 0 spiro atoms. The fourth-order valence-electron chi connectivity index (χ4n) is 1.88. The van der Waals surface area contributed by atoms with Gasteiger partial charge in [0, 0.05) is 5.25 Å². The molecule has 2 atom stereocenters. The highest BCUT2D eigenvalue weighted by atomic mass is 32.2. The van der Waals surface area contributed by atoms with E-state index in [4.69, 9.17) is 20.4 Å². The SMILES string of the molecule is C1=CC2SC2(c2ccccc2)C=C1.N=C=O.N=C=O. The molecule has 1 saturated heterocycles. The first-order valence-electron chi connectivity index (χ1n) is 5.42. The molecule has 1 fully saturated rings. The third-order valence-corrected chi connectivity index (χ3v) is 4.20. The quantitative estimate of drug-likeness (QED) is 0.468. The zero-order valence-electron chi connectivity index (χ0n) is 10.00. The molecule has 96 valence electrons. The molecule has 1 aromatic carbocycles. The number of hydrogen-bond acceptors (Lipinski definition) is 5. The summed E-state index contributed by atoms with van der Waals surface area (Å²) >= 11 is 2.03. The van der Waals surface area contributed by atoms with Crippen molar-refractivity contribution in [1.82, 2.24) is 0 Å². The Morgan fingerprint density at radius 3 is 2.16 bits per heavy atom. The molecule has 1 aromatic rings. The maximum atomic E-state index is 8.35. The van der Waals surface area contributed by atoms with Gasteiger partial charge in [-0.05, 0) is 5.56 Å². The number of isocyanates is 2. The minimum Gasteiger partial charge on any atom is -0.222 e. The molecule has 3 rings (SSSR count). The lowest BCUT2D eigenvalue weighted by atomic mass is 9.93. The van der Waals surface area contributed by atoms with Crippen molar-refractivity contribution in [3.8, 4) is 0 Å². The number of allylic oxidation sites excluding steroid dienone is 2. The van der Waals surface area contributed by atoms with Gasteiger partial charge in [-0.15, -0.1) is 11.8 Å². The average molecular weight is 272 g/mol. The van der Waals surface area contributed by atoms with Gasteiger partial charge in [-0.3, -0.25) is 0 Å². The summed E-state index contributed by atoms with van der Waals surface area (Å²) in [6.45, 7) is 0. The van der Waals surface area contributed by atoms with E-state index in [1.54, 1.807) is 0 Å². The normalized spacial score (nSPS) is 24.3. The number of rotatable bonds is 1. The highest BCUT2D eigenvalue weighted by Gasteiger charge is 2.53. The van der Waals surface area contributed by atoms with Crippen molar-refractivity contribution in [2.24, 2.45) is 0 Å². The second kappa shape index (κ2) is 7.29. The van der Waals surface area contributed by atoms with Crippen LogP contribution in [0.3, 0.4) is 0 Å². The van der Waals surface area contributed by atoms with Gasteiger partial charge in [0.05, 0.1) is 4.75 Å². The molecule has 0 radical (unpaired) electrons. The zero-order valence-corrected chi connectivity index (χ0v) is 10.8. The van der Waals surface area contributed by atoms with Crippen LogP contribution in [0.4, 0.5) is 0 Å². The van der Waals surface area contributed by atoms with Gasteiger partial charge in [-0.1, -0.05) is 54.6 Å². The van der Waals surface area contributed by atoms with Gasteiger partial charge >= 0.3 is 0 Å². The van der Waals surface area contributed by atoms with E-state index < -0.39 is 0 Å². The van der Waals surface area contributed by atoms with Crippen LogP contribution in [0, 0.1) is 10.8 Å². The minimum absolute atomic E-state index is 0.288. The van der Waals surface area contributed by atoms with Crippen LogP contribution in [0.25, 0.3) is 0 Å². The smallest absolute Gasteiger partial charge is 0.222 e. The second-order valence-corrected chi connectivity index (χ2v) is 5.06. The average Bonchev–Trinajstić information content (AvgIpc) is 3.17. The number of thioether (sulfide) groups is 1. The van der Waals surface area contributed by atoms with E-state index in [1.807, 2.05) is 11.8 Å². The molecular weight excluding hydrogens is 260 g/mol. The molecule has 5 heteroatoms. The summed E-state index contributed by atoms with van der Waals surface area (Å²) < 4.78 is 0.288. The largest absolute Gasteiger partial charge is 0.231 e. The van der Waals surface area contributed by atoms with Crippen LogP contribution < -0.4 is 0 Å². The van der Waals surface area contributed by atoms with Gasteiger partial charge in [-0.2, -0.15) is 0 Å². The molecular formula is C14H12N2O2S. The van der Waals surface area contributed by atoms with Crippen LogP contribution in [0.1, 0.15) is 5.56 Å². The molecule has 2 N–H and O–H groups in total. The Bertz CT molecular complexity index is 530. The predicted octanol–water partition coefficient (Wildman–Crippen LogP) is 2.93. The molecule has 4 nitrogen and oxygen atoms in total. The Kier molecular flexibility index (Phi) is 5.71. The topological polar surface area (TPSA) is 81.8 Å². The van der Waals surface area contributed by atoms with Crippen molar-refractivity contribution in [2.45, 2.75) is 10.00 Å². The second-order valence-electron chi connectivity index (χ2n) is 3.65. The number of hydrogen-bond donors (Lipinski definition) is 2. The minimum atomic E-state index is 0.288. The van der Waals surface area contributed by atoms with Gasteiger partial charge in [0.2, 0.25) is 12.2 Å². The van der Waals surface area contributed by atoms with Crippen molar-refractivity contribution < 1.29 is 9.59 Å². The van der Waals surface area contributed by atoms with Crippen molar-refractivity contribution >= 4 is 23.9 Å². The molecule has 1 aliphatic carbocycles. The number of carbonyl (C=O) groups excluding carboxylic acids is 2. The highest BCUT2D eigenvalue weighted by Crippen LogP contribution is 2.63. The summed E-state index contributed by atoms with van der Waals surface area (Å²) in [5.74, 6) is 0. The molecule has 19 heavy (non-hydrogen) atoms. The maximum absolute atomic E-state index is 8.35. The van der Waals surface area contributed by atoms with E-state index in [2.05, 4.69) is 54.6 Å². The molecule has 0 amide bonds. The third kappa shape index (κ3) is 3.63. The zero-order chi connectivity index (χ0) is 14.1. The number of benzene rings is 1. The van der Waals surface area contributed by atoms with E-state index in [-0.39, 0.29) is 4.75 Å². The maximum Gasteiger partial charge on any atom is 0.231 e. The van der Waals surface area contributed by atoms with E-state index >= 15 is 0 Å². The van der Waals surface area contributed by atoms with Crippen LogP contribution in [0.5, 0.6) is 0 Å². The van der Waals surface area contributed by atoms with Crippen molar-refractivity contribution in [1.29, 1.82) is 10.8 Å². The Hall–Kier alpha value is -2.19. The van der Waals surface area contributed by atoms with Crippen LogP contribution in [-0.4, -0.2) is 17.4 Å². The van der Waals surface area contributed by atoms with Crippen LogP contribution in [0.15, 0.2) is 54.6 Å². The third-order valence-electron chi connectivity index (χ3n) is 2.65. The summed E-state index contributed by atoms with van der Waals surface area (Å²) in [6.07, 6.45) is 10.4. The molecule has 1 aliphatic heterocycles. The fourth-order valence-corrected chi connectivity index (χ4v) is 3.13. The van der Waals surface area contributed by atoms with Crippen LogP contribution in [-0.2, 0) is 14.3 Å². The first-order valence-corrected chi connectivity index (χ1v) is 6.30. The molecule has 0 bridgehead atoms. The van der Waals surface area contributed by atoms with Crippen molar-refractivity contribution in [3.05, 3.63) is 60.2 Å². The standard InChI is InChI=1S/C12H10S.2CHNO/c1-2-6-10(7-3-1)12-9-5-4-8-11(12)13-12;2*2-1-3/h1-9,11H;2*2H. The summed E-state index contributed by atoms with van der Waals surface area (Å²) in [6, 6.07) is 10.7. The van der Waals surface area contributed by atoms with Gasteiger partial charge in [0.25, 0.3) is 0 Å². The summed E-state index contributed by atoms with van der Waals surface area (Å²) in [4.78, 5) is 16.7. The highest BCUT2D eigenvalue weighted by molar-refractivity contribution is 8.08. The molecule has 0 saturated carbocycles. The van der Waals surface area contributed by atoms with Crippen molar-refractivity contribution in [3.63, 3.8) is 0 Å². The lowest BCUT2D eigenvalue weighted by molar-refractivity contribution is 0.562. The predicted molar refractivity (Wildman–Crippen MR) is 74.6 cm³/mol. The van der Waals surface area contributed by atoms with E-state index in [1.165, 1.54) is 5.56 Å². The van der Waals surface area contributed by atoms with E-state index in [0.29, 0.717) is 5.25 Å². The molecule has 0 aromatic heterocycles.